The van der Waals surface area contributed by atoms with Crippen molar-refractivity contribution >= 4 is 5.69 Å². The first-order valence-corrected chi connectivity index (χ1v) is 5.88. The van der Waals surface area contributed by atoms with Gasteiger partial charge in [-0.15, -0.1) is 0 Å². The van der Waals surface area contributed by atoms with Gasteiger partial charge in [0.15, 0.2) is 0 Å². The van der Waals surface area contributed by atoms with Crippen LogP contribution in [0.4, 0.5) is 5.69 Å². The lowest BCUT2D eigenvalue weighted by Crippen LogP contribution is -2.14. The highest BCUT2D eigenvalue weighted by Crippen LogP contribution is 2.31. The molecular formula is C13H17NO. The molecule has 1 N–H and O–H groups in total. The molecule has 1 saturated heterocycles. The van der Waals surface area contributed by atoms with E-state index in [2.05, 4.69) is 23.5 Å². The van der Waals surface area contributed by atoms with E-state index < -0.39 is 0 Å². The van der Waals surface area contributed by atoms with Crippen LogP contribution in [0.15, 0.2) is 18.2 Å². The quantitative estimate of drug-likeness (QED) is 0.757. The van der Waals surface area contributed by atoms with Crippen molar-refractivity contribution < 1.29 is 4.74 Å². The van der Waals surface area contributed by atoms with Gasteiger partial charge in [-0.2, -0.15) is 0 Å². The van der Waals surface area contributed by atoms with Crippen LogP contribution in [0.3, 0.4) is 0 Å². The summed E-state index contributed by atoms with van der Waals surface area (Å²) in [4.78, 5) is 0. The molecule has 2 heterocycles. The molecule has 0 aromatic heterocycles. The summed E-state index contributed by atoms with van der Waals surface area (Å²) in [5.74, 6) is 0.714. The maximum Gasteiger partial charge on any atom is 0.0471 e. The molecular weight excluding hydrogens is 186 g/mol. The predicted octanol–water partition coefficient (Wildman–Crippen LogP) is 2.55. The van der Waals surface area contributed by atoms with E-state index in [0.29, 0.717) is 5.92 Å². The van der Waals surface area contributed by atoms with Crippen LogP contribution in [-0.4, -0.2) is 19.8 Å². The number of hydrogen-bond acceptors (Lipinski definition) is 2. The SMILES string of the molecule is c1cc2c(cc1C1CCOCC1)NCC2. The Morgan fingerprint density at radius 3 is 2.93 bits per heavy atom. The average molecular weight is 203 g/mol. The van der Waals surface area contributed by atoms with E-state index in [-0.39, 0.29) is 0 Å². The minimum absolute atomic E-state index is 0.714. The van der Waals surface area contributed by atoms with Gasteiger partial charge in [-0.25, -0.2) is 0 Å². The van der Waals surface area contributed by atoms with Gasteiger partial charge in [-0.05, 0) is 42.4 Å². The van der Waals surface area contributed by atoms with Crippen molar-refractivity contribution in [2.45, 2.75) is 25.2 Å². The first-order chi connectivity index (χ1) is 7.43. The number of rotatable bonds is 1. The van der Waals surface area contributed by atoms with Crippen molar-refractivity contribution in [3.8, 4) is 0 Å². The fraction of sp³-hybridized carbons (Fsp3) is 0.538. The molecule has 0 radical (unpaired) electrons. The fourth-order valence-electron chi connectivity index (χ4n) is 2.59. The fourth-order valence-corrected chi connectivity index (χ4v) is 2.59. The highest BCUT2D eigenvalue weighted by atomic mass is 16.5. The van der Waals surface area contributed by atoms with Crippen LogP contribution in [0.1, 0.15) is 29.9 Å². The zero-order valence-corrected chi connectivity index (χ0v) is 8.96. The molecule has 0 aliphatic carbocycles. The predicted molar refractivity (Wildman–Crippen MR) is 61.4 cm³/mol. The molecule has 80 valence electrons. The number of anilines is 1. The van der Waals surface area contributed by atoms with E-state index >= 15 is 0 Å². The minimum Gasteiger partial charge on any atom is -0.384 e. The lowest BCUT2D eigenvalue weighted by Gasteiger charge is -2.22. The molecule has 0 atom stereocenters. The Bertz CT molecular complexity index is 356. The third-order valence-corrected chi connectivity index (χ3v) is 3.54. The first-order valence-electron chi connectivity index (χ1n) is 5.88. The molecule has 2 aliphatic heterocycles. The van der Waals surface area contributed by atoms with E-state index in [9.17, 15) is 0 Å². The Kier molecular flexibility index (Phi) is 2.37. The summed E-state index contributed by atoms with van der Waals surface area (Å²) in [6, 6.07) is 6.94. The van der Waals surface area contributed by atoms with Gasteiger partial charge in [0.2, 0.25) is 0 Å². The van der Waals surface area contributed by atoms with Gasteiger partial charge in [-0.3, -0.25) is 0 Å². The Hall–Kier alpha value is -1.02. The Morgan fingerprint density at radius 1 is 1.20 bits per heavy atom. The number of fused-ring (bicyclic) bond motifs is 1. The standard InChI is InChI=1S/C13H17NO/c1-2-12(10-4-7-15-8-5-10)9-13-11(1)3-6-14-13/h1-2,9-10,14H,3-8H2. The molecule has 2 heteroatoms. The van der Waals surface area contributed by atoms with E-state index in [1.807, 2.05) is 0 Å². The van der Waals surface area contributed by atoms with Crippen molar-refractivity contribution in [1.29, 1.82) is 0 Å². The summed E-state index contributed by atoms with van der Waals surface area (Å²) in [6.45, 7) is 2.96. The Balaban J connectivity index is 1.85. The minimum atomic E-state index is 0.714. The van der Waals surface area contributed by atoms with Crippen LogP contribution in [0, 0.1) is 0 Å². The molecule has 1 aromatic carbocycles. The van der Waals surface area contributed by atoms with Crippen LogP contribution in [0.2, 0.25) is 0 Å². The summed E-state index contributed by atoms with van der Waals surface area (Å²) in [6.07, 6.45) is 3.54. The maximum absolute atomic E-state index is 5.40. The highest BCUT2D eigenvalue weighted by molar-refractivity contribution is 5.57. The van der Waals surface area contributed by atoms with Gasteiger partial charge in [0, 0.05) is 25.4 Å². The van der Waals surface area contributed by atoms with Gasteiger partial charge in [0.05, 0.1) is 0 Å². The van der Waals surface area contributed by atoms with Crippen LogP contribution in [0.25, 0.3) is 0 Å². The molecule has 0 unspecified atom stereocenters. The summed E-state index contributed by atoms with van der Waals surface area (Å²) >= 11 is 0. The lowest BCUT2D eigenvalue weighted by atomic mass is 9.91. The van der Waals surface area contributed by atoms with E-state index in [0.717, 1.165) is 19.8 Å². The van der Waals surface area contributed by atoms with Crippen molar-refractivity contribution in [1.82, 2.24) is 0 Å². The first kappa shape index (κ1) is 9.22. The molecule has 2 nitrogen and oxygen atoms in total. The molecule has 0 spiro atoms. The zero-order valence-electron chi connectivity index (χ0n) is 8.96. The van der Waals surface area contributed by atoms with Gasteiger partial charge in [-0.1, -0.05) is 12.1 Å². The normalized spacial score (nSPS) is 21.1. The number of ether oxygens (including phenoxy) is 1. The highest BCUT2D eigenvalue weighted by Gasteiger charge is 2.18. The van der Waals surface area contributed by atoms with Crippen LogP contribution in [-0.2, 0) is 11.2 Å². The number of nitrogens with one attached hydrogen (secondary N) is 1. The maximum atomic E-state index is 5.40. The van der Waals surface area contributed by atoms with Crippen LogP contribution in [0.5, 0.6) is 0 Å². The molecule has 3 rings (SSSR count). The van der Waals surface area contributed by atoms with Gasteiger partial charge < -0.3 is 10.1 Å². The monoisotopic (exact) mass is 203 g/mol. The molecule has 0 amide bonds. The molecule has 2 aliphatic rings. The molecule has 15 heavy (non-hydrogen) atoms. The smallest absolute Gasteiger partial charge is 0.0471 e. The lowest BCUT2D eigenvalue weighted by molar-refractivity contribution is 0.0853. The third-order valence-electron chi connectivity index (χ3n) is 3.54. The molecule has 1 fully saturated rings. The van der Waals surface area contributed by atoms with Crippen molar-refractivity contribution in [2.75, 3.05) is 25.1 Å². The molecule has 0 bridgehead atoms. The van der Waals surface area contributed by atoms with Crippen LogP contribution >= 0.6 is 0 Å². The Morgan fingerprint density at radius 2 is 2.07 bits per heavy atom. The van der Waals surface area contributed by atoms with E-state index in [1.165, 1.54) is 36.1 Å². The van der Waals surface area contributed by atoms with Crippen LogP contribution < -0.4 is 5.32 Å². The zero-order chi connectivity index (χ0) is 10.1. The second-order valence-corrected chi connectivity index (χ2v) is 4.48. The van der Waals surface area contributed by atoms with Crippen molar-refractivity contribution in [3.05, 3.63) is 29.3 Å². The largest absolute Gasteiger partial charge is 0.384 e. The summed E-state index contributed by atoms with van der Waals surface area (Å²) in [7, 11) is 0. The molecule has 0 saturated carbocycles. The van der Waals surface area contributed by atoms with Gasteiger partial charge in [0.1, 0.15) is 0 Å². The Labute approximate surface area is 90.6 Å². The van der Waals surface area contributed by atoms with E-state index in [4.69, 9.17) is 4.74 Å². The summed E-state index contributed by atoms with van der Waals surface area (Å²) in [5, 5.41) is 3.45. The van der Waals surface area contributed by atoms with E-state index in [1.54, 1.807) is 0 Å². The summed E-state index contributed by atoms with van der Waals surface area (Å²) in [5.41, 5.74) is 4.33. The second kappa shape index (κ2) is 3.86. The second-order valence-electron chi connectivity index (χ2n) is 4.48. The average Bonchev–Trinajstić information content (AvgIpc) is 2.77. The van der Waals surface area contributed by atoms with Gasteiger partial charge >= 0.3 is 0 Å². The van der Waals surface area contributed by atoms with Crippen molar-refractivity contribution in [3.63, 3.8) is 0 Å². The number of benzene rings is 1. The third kappa shape index (κ3) is 1.74. The number of hydrogen-bond donors (Lipinski definition) is 1. The summed E-state index contributed by atoms with van der Waals surface area (Å²) < 4.78 is 5.40. The molecule has 1 aromatic rings. The van der Waals surface area contributed by atoms with Crippen molar-refractivity contribution in [2.24, 2.45) is 0 Å². The topological polar surface area (TPSA) is 21.3 Å². The van der Waals surface area contributed by atoms with Gasteiger partial charge in [0.25, 0.3) is 0 Å².